The van der Waals surface area contributed by atoms with Crippen LogP contribution in [0.5, 0.6) is 0 Å². The average molecular weight is 449 g/mol. The summed E-state index contributed by atoms with van der Waals surface area (Å²) in [6.45, 7) is 3.62. The molecular formula is C25H24N2O4S. The van der Waals surface area contributed by atoms with Crippen molar-refractivity contribution in [3.63, 3.8) is 0 Å². The minimum absolute atomic E-state index is 0.216. The second kappa shape index (κ2) is 9.89. The number of esters is 1. The molecule has 0 aliphatic carbocycles. The van der Waals surface area contributed by atoms with Crippen LogP contribution in [0.15, 0.2) is 65.7 Å². The largest absolute Gasteiger partial charge is 0.465 e. The van der Waals surface area contributed by atoms with Gasteiger partial charge in [-0.1, -0.05) is 53.8 Å². The van der Waals surface area contributed by atoms with E-state index in [1.54, 1.807) is 12.1 Å². The molecule has 7 heteroatoms. The lowest BCUT2D eigenvalue weighted by Crippen LogP contribution is -2.20. The van der Waals surface area contributed by atoms with E-state index in [-0.39, 0.29) is 12.3 Å². The molecule has 0 unspecified atom stereocenters. The maximum Gasteiger partial charge on any atom is 0.337 e. The minimum Gasteiger partial charge on any atom is -0.465 e. The van der Waals surface area contributed by atoms with Crippen molar-refractivity contribution < 1.29 is 19.1 Å². The zero-order chi connectivity index (χ0) is 22.5. The van der Waals surface area contributed by atoms with E-state index < -0.39 is 5.97 Å². The highest BCUT2D eigenvalue weighted by Crippen LogP contribution is 2.21. The van der Waals surface area contributed by atoms with E-state index in [4.69, 9.17) is 9.47 Å². The Labute approximate surface area is 189 Å². The van der Waals surface area contributed by atoms with Gasteiger partial charge in [-0.25, -0.2) is 4.79 Å². The molecular weight excluding hydrogens is 424 g/mol. The van der Waals surface area contributed by atoms with Crippen molar-refractivity contribution in [3.8, 4) is 0 Å². The van der Waals surface area contributed by atoms with Crippen molar-refractivity contribution in [1.82, 2.24) is 4.57 Å². The van der Waals surface area contributed by atoms with Crippen molar-refractivity contribution in [2.45, 2.75) is 19.9 Å². The number of nitrogens with zero attached hydrogens (tertiary/aromatic N) is 2. The number of ether oxygens (including phenoxy) is 2. The number of hydrogen-bond acceptors (Lipinski definition) is 5. The van der Waals surface area contributed by atoms with Gasteiger partial charge in [-0.15, -0.1) is 0 Å². The summed E-state index contributed by atoms with van der Waals surface area (Å²) in [5.74, 6) is -0.613. The first-order valence-corrected chi connectivity index (χ1v) is 11.3. The highest BCUT2D eigenvalue weighted by molar-refractivity contribution is 7.16. The van der Waals surface area contributed by atoms with Gasteiger partial charge in [-0.2, -0.15) is 4.99 Å². The second-order valence-electron chi connectivity index (χ2n) is 7.23. The molecule has 1 amide bonds. The zero-order valence-corrected chi connectivity index (χ0v) is 18.9. The fraction of sp³-hybridized carbons (Fsp3) is 0.240. The molecule has 6 nitrogen and oxygen atoms in total. The Morgan fingerprint density at radius 3 is 2.69 bits per heavy atom. The Hall–Kier alpha value is -3.29. The van der Waals surface area contributed by atoms with Gasteiger partial charge in [0.25, 0.3) is 5.91 Å². The number of rotatable bonds is 7. The number of amides is 1. The van der Waals surface area contributed by atoms with Gasteiger partial charge in [0.1, 0.15) is 0 Å². The number of hydrogen-bond donors (Lipinski definition) is 0. The van der Waals surface area contributed by atoms with Gasteiger partial charge in [0.15, 0.2) is 4.80 Å². The number of fused-ring (bicyclic) bond motifs is 2. The number of carbonyl (C=O) groups is 2. The van der Waals surface area contributed by atoms with E-state index in [0.29, 0.717) is 30.1 Å². The third-order valence-electron chi connectivity index (χ3n) is 5.21. The van der Waals surface area contributed by atoms with Gasteiger partial charge >= 0.3 is 5.97 Å². The lowest BCUT2D eigenvalue weighted by atomic mass is 10.0. The fourth-order valence-corrected chi connectivity index (χ4v) is 4.79. The monoisotopic (exact) mass is 448 g/mol. The first-order valence-electron chi connectivity index (χ1n) is 10.4. The summed E-state index contributed by atoms with van der Waals surface area (Å²) < 4.78 is 13.2. The standard InChI is InChI=1S/C25H24N2O4S/c1-3-31-14-13-27-21-12-11-19(24(29)30-2)15-22(21)32-25(27)26-23(28)16-18-9-6-8-17-7-4-5-10-20(17)18/h4-12,15H,3,13-14,16H2,1-2H3. The number of aromatic nitrogens is 1. The Bertz CT molecular complexity index is 1350. The van der Waals surface area contributed by atoms with E-state index in [9.17, 15) is 9.59 Å². The number of benzene rings is 3. The van der Waals surface area contributed by atoms with Crippen LogP contribution < -0.4 is 4.80 Å². The summed E-state index contributed by atoms with van der Waals surface area (Å²) in [5.41, 5.74) is 2.32. The minimum atomic E-state index is -0.397. The zero-order valence-electron chi connectivity index (χ0n) is 18.0. The molecule has 0 N–H and O–H groups in total. The molecule has 3 aromatic carbocycles. The maximum absolute atomic E-state index is 12.9. The molecule has 164 valence electrons. The predicted molar refractivity (Wildman–Crippen MR) is 126 cm³/mol. The lowest BCUT2D eigenvalue weighted by molar-refractivity contribution is -0.117. The lowest BCUT2D eigenvalue weighted by Gasteiger charge is -2.06. The van der Waals surface area contributed by atoms with Crippen LogP contribution in [0.4, 0.5) is 0 Å². The molecule has 0 aliphatic heterocycles. The topological polar surface area (TPSA) is 69.9 Å². The maximum atomic E-state index is 12.9. The predicted octanol–water partition coefficient (Wildman–Crippen LogP) is 4.35. The summed E-state index contributed by atoms with van der Waals surface area (Å²) in [7, 11) is 1.36. The quantitative estimate of drug-likeness (QED) is 0.311. The molecule has 0 bridgehead atoms. The summed E-state index contributed by atoms with van der Waals surface area (Å²) >= 11 is 1.38. The van der Waals surface area contributed by atoms with Crippen LogP contribution in [0.2, 0.25) is 0 Å². The summed E-state index contributed by atoms with van der Waals surface area (Å²) in [6, 6.07) is 19.3. The molecule has 1 heterocycles. The molecule has 4 aromatic rings. The Kier molecular flexibility index (Phi) is 6.78. The van der Waals surface area contributed by atoms with Crippen LogP contribution in [0.1, 0.15) is 22.8 Å². The van der Waals surface area contributed by atoms with Gasteiger partial charge in [-0.3, -0.25) is 4.79 Å². The van der Waals surface area contributed by atoms with Gasteiger partial charge in [-0.05, 0) is 41.5 Å². The SMILES string of the molecule is CCOCCn1c(=NC(=O)Cc2cccc3ccccc23)sc2cc(C(=O)OC)ccc21. The molecule has 32 heavy (non-hydrogen) atoms. The normalized spacial score (nSPS) is 11.9. The van der Waals surface area contributed by atoms with Crippen molar-refractivity contribution >= 4 is 44.2 Å². The first kappa shape index (κ1) is 21.9. The van der Waals surface area contributed by atoms with E-state index in [1.807, 2.05) is 60.0 Å². The highest BCUT2D eigenvalue weighted by Gasteiger charge is 2.13. The van der Waals surface area contributed by atoms with Crippen LogP contribution in [0.25, 0.3) is 21.0 Å². The second-order valence-corrected chi connectivity index (χ2v) is 8.24. The van der Waals surface area contributed by atoms with Crippen LogP contribution in [0, 0.1) is 0 Å². The van der Waals surface area contributed by atoms with E-state index in [0.717, 1.165) is 26.6 Å². The molecule has 0 radical (unpaired) electrons. The summed E-state index contributed by atoms with van der Waals surface area (Å²) in [6.07, 6.45) is 0.217. The molecule has 4 rings (SSSR count). The smallest absolute Gasteiger partial charge is 0.337 e. The van der Waals surface area contributed by atoms with Crippen LogP contribution in [-0.2, 0) is 27.2 Å². The van der Waals surface area contributed by atoms with E-state index in [2.05, 4.69) is 4.99 Å². The Morgan fingerprint density at radius 2 is 1.88 bits per heavy atom. The molecule has 1 aromatic heterocycles. The van der Waals surface area contributed by atoms with Crippen molar-refractivity contribution in [3.05, 3.63) is 76.6 Å². The summed E-state index contributed by atoms with van der Waals surface area (Å²) in [4.78, 5) is 29.9. The molecule has 0 fully saturated rings. The van der Waals surface area contributed by atoms with Crippen molar-refractivity contribution in [2.75, 3.05) is 20.3 Å². The highest BCUT2D eigenvalue weighted by atomic mass is 32.1. The van der Waals surface area contributed by atoms with Gasteiger partial charge in [0.05, 0.1) is 35.9 Å². The molecule has 0 spiro atoms. The number of carbonyl (C=O) groups excluding carboxylic acids is 2. The number of thiazole rings is 1. The van der Waals surface area contributed by atoms with E-state index in [1.165, 1.54) is 18.4 Å². The molecule has 0 saturated heterocycles. The third-order valence-corrected chi connectivity index (χ3v) is 6.25. The van der Waals surface area contributed by atoms with Crippen LogP contribution >= 0.6 is 11.3 Å². The molecule has 0 aliphatic rings. The first-order chi connectivity index (χ1) is 15.6. The van der Waals surface area contributed by atoms with Crippen LogP contribution in [0.3, 0.4) is 0 Å². The molecule has 0 atom stereocenters. The fourth-order valence-electron chi connectivity index (χ4n) is 3.68. The van der Waals surface area contributed by atoms with Gasteiger partial charge in [0, 0.05) is 13.2 Å². The van der Waals surface area contributed by atoms with Gasteiger partial charge in [0.2, 0.25) is 0 Å². The van der Waals surface area contributed by atoms with Crippen molar-refractivity contribution in [2.24, 2.45) is 4.99 Å². The average Bonchev–Trinajstić information content (AvgIpc) is 3.15. The number of methoxy groups -OCH3 is 1. The Balaban J connectivity index is 1.72. The van der Waals surface area contributed by atoms with Crippen LogP contribution in [-0.4, -0.2) is 36.8 Å². The third kappa shape index (κ3) is 4.64. The molecule has 0 saturated carbocycles. The summed E-state index contributed by atoms with van der Waals surface area (Å²) in [5, 5.41) is 2.16. The van der Waals surface area contributed by atoms with E-state index >= 15 is 0 Å². The Morgan fingerprint density at radius 1 is 1.06 bits per heavy atom. The van der Waals surface area contributed by atoms with Crippen molar-refractivity contribution in [1.29, 1.82) is 0 Å². The van der Waals surface area contributed by atoms with Gasteiger partial charge < -0.3 is 14.0 Å².